The summed E-state index contributed by atoms with van der Waals surface area (Å²) in [6, 6.07) is 30.8. The number of hydrogen-bond donors (Lipinski definition) is 1. The second-order valence-corrected chi connectivity index (χ2v) is 7.18. The quantitative estimate of drug-likeness (QED) is 0.630. The van der Waals surface area contributed by atoms with Crippen molar-refractivity contribution in [3.8, 4) is 6.07 Å². The highest BCUT2D eigenvalue weighted by Gasteiger charge is 2.17. The van der Waals surface area contributed by atoms with E-state index in [1.165, 1.54) is 5.56 Å². The molecule has 0 saturated carbocycles. The van der Waals surface area contributed by atoms with Gasteiger partial charge in [0, 0.05) is 12.1 Å². The largest absolute Gasteiger partial charge is 0.304 e. The molecule has 2 nitrogen and oxygen atoms in total. The zero-order valence-electron chi connectivity index (χ0n) is 15.8. The summed E-state index contributed by atoms with van der Waals surface area (Å²) in [5.41, 5.74) is 5.02. The molecule has 0 unspecified atom stereocenters. The third-order valence-electron chi connectivity index (χ3n) is 4.48. The van der Waals surface area contributed by atoms with Crippen LogP contribution in [0, 0.1) is 11.3 Å². The molecule has 0 atom stereocenters. The van der Waals surface area contributed by atoms with Gasteiger partial charge in [0.15, 0.2) is 0 Å². The first-order chi connectivity index (χ1) is 13.1. The summed E-state index contributed by atoms with van der Waals surface area (Å²) < 4.78 is 0. The fourth-order valence-electron chi connectivity index (χ4n) is 3.04. The van der Waals surface area contributed by atoms with E-state index in [1.807, 2.05) is 42.5 Å². The molecule has 0 amide bonds. The van der Waals surface area contributed by atoms with Gasteiger partial charge >= 0.3 is 0 Å². The molecule has 27 heavy (non-hydrogen) atoms. The van der Waals surface area contributed by atoms with E-state index in [1.54, 1.807) is 0 Å². The molecule has 2 heteroatoms. The molecule has 3 rings (SSSR count). The fourth-order valence-corrected chi connectivity index (χ4v) is 3.04. The Labute approximate surface area is 161 Å². The van der Waals surface area contributed by atoms with Crippen molar-refractivity contribution in [1.29, 1.82) is 5.26 Å². The highest BCUT2D eigenvalue weighted by Crippen LogP contribution is 2.27. The van der Waals surface area contributed by atoms with Crippen LogP contribution in [0.15, 0.2) is 91.0 Å². The van der Waals surface area contributed by atoms with Gasteiger partial charge < -0.3 is 5.32 Å². The molecule has 0 aliphatic heterocycles. The van der Waals surface area contributed by atoms with Gasteiger partial charge in [0.2, 0.25) is 0 Å². The summed E-state index contributed by atoms with van der Waals surface area (Å²) in [7, 11) is 0. The highest BCUT2D eigenvalue weighted by atomic mass is 14.9. The van der Waals surface area contributed by atoms with Crippen molar-refractivity contribution in [1.82, 2.24) is 5.32 Å². The van der Waals surface area contributed by atoms with Gasteiger partial charge in [-0.25, -0.2) is 0 Å². The van der Waals surface area contributed by atoms with E-state index < -0.39 is 0 Å². The minimum atomic E-state index is -0.219. The fraction of sp³-hybridized carbons (Fsp3) is 0.160. The Morgan fingerprint density at radius 2 is 1.52 bits per heavy atom. The van der Waals surface area contributed by atoms with Gasteiger partial charge in [0.05, 0.1) is 11.6 Å². The maximum atomic E-state index is 9.28. The Kier molecular flexibility index (Phi) is 5.86. The van der Waals surface area contributed by atoms with E-state index in [4.69, 9.17) is 0 Å². The number of nitriles is 1. The van der Waals surface area contributed by atoms with Gasteiger partial charge in [0.1, 0.15) is 0 Å². The predicted molar refractivity (Wildman–Crippen MR) is 112 cm³/mol. The van der Waals surface area contributed by atoms with Gasteiger partial charge in [-0.2, -0.15) is 5.26 Å². The Morgan fingerprint density at radius 1 is 0.889 bits per heavy atom. The van der Waals surface area contributed by atoms with E-state index in [0.717, 1.165) is 23.2 Å². The lowest BCUT2D eigenvalue weighted by atomic mass is 9.91. The number of nitrogens with zero attached hydrogens (tertiary/aromatic N) is 1. The molecule has 0 aromatic heterocycles. The number of nitrogens with one attached hydrogen (secondary N) is 1. The predicted octanol–water partition coefficient (Wildman–Crippen LogP) is 5.56. The first-order valence-electron chi connectivity index (χ1n) is 9.15. The van der Waals surface area contributed by atoms with Gasteiger partial charge in [0.25, 0.3) is 0 Å². The molecule has 3 aromatic carbocycles. The molecular weight excluding hydrogens is 328 g/mol. The third-order valence-corrected chi connectivity index (χ3v) is 4.48. The Bertz CT molecular complexity index is 948. The van der Waals surface area contributed by atoms with Crippen molar-refractivity contribution in [2.75, 3.05) is 0 Å². The van der Waals surface area contributed by atoms with E-state index in [9.17, 15) is 5.26 Å². The van der Waals surface area contributed by atoms with Crippen LogP contribution in [0.2, 0.25) is 0 Å². The van der Waals surface area contributed by atoms with Gasteiger partial charge in [-0.05, 0) is 48.2 Å². The molecule has 3 aromatic rings. The van der Waals surface area contributed by atoms with Crippen molar-refractivity contribution in [2.45, 2.75) is 25.9 Å². The van der Waals surface area contributed by atoms with Crippen LogP contribution in [0.3, 0.4) is 0 Å². The van der Waals surface area contributed by atoms with Gasteiger partial charge in [-0.3, -0.25) is 0 Å². The third kappa shape index (κ3) is 5.17. The van der Waals surface area contributed by atoms with Crippen LogP contribution in [0.4, 0.5) is 0 Å². The SMILES string of the molecule is CC(C)(/C=C(\c1ccccc1)c1cccc(C#N)c1)NCc1ccccc1. The van der Waals surface area contributed by atoms with Gasteiger partial charge in [-0.1, -0.05) is 78.9 Å². The molecule has 0 saturated heterocycles. The molecule has 0 spiro atoms. The molecule has 0 aliphatic rings. The lowest BCUT2D eigenvalue weighted by Crippen LogP contribution is -2.37. The molecule has 1 N–H and O–H groups in total. The standard InChI is InChI=1S/C25H24N2/c1-25(2,27-19-20-10-5-3-6-11-20)17-24(22-13-7-4-8-14-22)23-15-9-12-21(16-23)18-26/h3-17,27H,19H2,1-2H3/b24-17+. The maximum absolute atomic E-state index is 9.28. The molecule has 0 fully saturated rings. The maximum Gasteiger partial charge on any atom is 0.0991 e. The van der Waals surface area contributed by atoms with Crippen molar-refractivity contribution in [3.05, 3.63) is 113 Å². The van der Waals surface area contributed by atoms with Crippen LogP contribution in [0.1, 0.15) is 36.1 Å². The first kappa shape index (κ1) is 18.6. The van der Waals surface area contributed by atoms with E-state index in [0.29, 0.717) is 5.56 Å². The number of rotatable bonds is 6. The van der Waals surface area contributed by atoms with Crippen LogP contribution in [0.5, 0.6) is 0 Å². The van der Waals surface area contributed by atoms with Crippen molar-refractivity contribution in [2.24, 2.45) is 0 Å². The topological polar surface area (TPSA) is 35.8 Å². The number of hydrogen-bond acceptors (Lipinski definition) is 2. The lowest BCUT2D eigenvalue weighted by molar-refractivity contribution is 0.475. The number of benzene rings is 3. The lowest BCUT2D eigenvalue weighted by Gasteiger charge is -2.25. The summed E-state index contributed by atoms with van der Waals surface area (Å²) in [5.74, 6) is 0. The van der Waals surface area contributed by atoms with Crippen LogP contribution < -0.4 is 5.32 Å². The van der Waals surface area contributed by atoms with Crippen molar-refractivity contribution in [3.63, 3.8) is 0 Å². The minimum Gasteiger partial charge on any atom is -0.304 e. The van der Waals surface area contributed by atoms with Crippen LogP contribution in [-0.4, -0.2) is 5.54 Å². The second-order valence-electron chi connectivity index (χ2n) is 7.18. The van der Waals surface area contributed by atoms with Gasteiger partial charge in [-0.15, -0.1) is 0 Å². The summed E-state index contributed by atoms with van der Waals surface area (Å²) in [4.78, 5) is 0. The van der Waals surface area contributed by atoms with Crippen molar-refractivity contribution < 1.29 is 0 Å². The average Bonchev–Trinajstić information content (AvgIpc) is 2.72. The summed E-state index contributed by atoms with van der Waals surface area (Å²) in [6.45, 7) is 5.14. The highest BCUT2D eigenvalue weighted by molar-refractivity contribution is 5.81. The molecular formula is C25H24N2. The zero-order valence-corrected chi connectivity index (χ0v) is 15.8. The smallest absolute Gasteiger partial charge is 0.0991 e. The summed E-state index contributed by atoms with van der Waals surface area (Å²) in [6.07, 6.45) is 2.25. The van der Waals surface area contributed by atoms with E-state index in [2.05, 4.69) is 73.8 Å². The van der Waals surface area contributed by atoms with Crippen LogP contribution in [-0.2, 0) is 6.54 Å². The van der Waals surface area contributed by atoms with Crippen LogP contribution >= 0.6 is 0 Å². The Hall–Kier alpha value is -3.15. The van der Waals surface area contributed by atoms with Crippen LogP contribution in [0.25, 0.3) is 5.57 Å². The van der Waals surface area contributed by atoms with E-state index >= 15 is 0 Å². The second kappa shape index (κ2) is 8.49. The Morgan fingerprint density at radius 3 is 2.19 bits per heavy atom. The summed E-state index contributed by atoms with van der Waals surface area (Å²) in [5, 5.41) is 12.9. The summed E-state index contributed by atoms with van der Waals surface area (Å²) >= 11 is 0. The normalized spacial score (nSPS) is 11.8. The Balaban J connectivity index is 1.95. The first-order valence-corrected chi connectivity index (χ1v) is 9.15. The zero-order chi connectivity index (χ0) is 19.1. The average molecular weight is 352 g/mol. The molecule has 0 radical (unpaired) electrons. The molecule has 0 heterocycles. The molecule has 0 bridgehead atoms. The minimum absolute atomic E-state index is 0.219. The van der Waals surface area contributed by atoms with Crippen molar-refractivity contribution >= 4 is 5.57 Å². The monoisotopic (exact) mass is 352 g/mol. The van der Waals surface area contributed by atoms with E-state index in [-0.39, 0.29) is 5.54 Å². The molecule has 0 aliphatic carbocycles. The molecule has 134 valence electrons.